The molecular formula is C11H15F2NO. The number of halogens is 2. The van der Waals surface area contributed by atoms with E-state index in [9.17, 15) is 8.78 Å². The summed E-state index contributed by atoms with van der Waals surface area (Å²) in [5, 5.41) is 11.5. The van der Waals surface area contributed by atoms with Gasteiger partial charge in [-0.1, -0.05) is 0 Å². The van der Waals surface area contributed by atoms with E-state index in [0.29, 0.717) is 12.8 Å². The first-order chi connectivity index (χ1) is 7.13. The lowest BCUT2D eigenvalue weighted by atomic mass is 10.1. The van der Waals surface area contributed by atoms with Gasteiger partial charge in [0.05, 0.1) is 5.69 Å². The maximum atomic E-state index is 13.2. The fourth-order valence-electron chi connectivity index (χ4n) is 1.34. The van der Waals surface area contributed by atoms with E-state index in [1.807, 2.05) is 6.92 Å². The van der Waals surface area contributed by atoms with E-state index in [0.717, 1.165) is 18.2 Å². The van der Waals surface area contributed by atoms with E-state index in [1.165, 1.54) is 0 Å². The van der Waals surface area contributed by atoms with Gasteiger partial charge in [0.2, 0.25) is 0 Å². The van der Waals surface area contributed by atoms with Crippen LogP contribution < -0.4 is 5.32 Å². The summed E-state index contributed by atoms with van der Waals surface area (Å²) in [5.41, 5.74) is 0.167. The smallest absolute Gasteiger partial charge is 0.146 e. The van der Waals surface area contributed by atoms with Crippen molar-refractivity contribution in [2.45, 2.75) is 25.8 Å². The Labute approximate surface area is 87.9 Å². The molecule has 0 radical (unpaired) electrons. The molecule has 84 valence electrons. The van der Waals surface area contributed by atoms with Crippen LogP contribution in [0.15, 0.2) is 18.2 Å². The van der Waals surface area contributed by atoms with E-state index in [2.05, 4.69) is 5.32 Å². The number of benzene rings is 1. The molecule has 4 heteroatoms. The van der Waals surface area contributed by atoms with Crippen molar-refractivity contribution in [2.24, 2.45) is 0 Å². The van der Waals surface area contributed by atoms with Crippen molar-refractivity contribution in [3.8, 4) is 0 Å². The largest absolute Gasteiger partial charge is 0.396 e. The second kappa shape index (κ2) is 5.66. The van der Waals surface area contributed by atoms with Crippen molar-refractivity contribution in [1.29, 1.82) is 0 Å². The van der Waals surface area contributed by atoms with Crippen LogP contribution in [-0.2, 0) is 0 Å². The Balaban J connectivity index is 2.59. The first-order valence-electron chi connectivity index (χ1n) is 4.96. The highest BCUT2D eigenvalue weighted by Gasteiger charge is 2.07. The second-order valence-corrected chi connectivity index (χ2v) is 3.54. The normalized spacial score (nSPS) is 12.5. The predicted octanol–water partition coefficient (Wildman–Crippen LogP) is 2.54. The molecule has 1 rings (SSSR count). The molecule has 15 heavy (non-hydrogen) atoms. The van der Waals surface area contributed by atoms with Crippen molar-refractivity contribution in [3.05, 3.63) is 29.8 Å². The lowest BCUT2D eigenvalue weighted by Gasteiger charge is -2.15. The molecule has 0 saturated carbocycles. The van der Waals surface area contributed by atoms with Gasteiger partial charge in [-0.15, -0.1) is 0 Å². The zero-order valence-electron chi connectivity index (χ0n) is 8.63. The average Bonchev–Trinajstić information content (AvgIpc) is 2.20. The SMILES string of the molecule is CC(CCCO)Nc1cc(F)ccc1F. The van der Waals surface area contributed by atoms with Gasteiger partial charge in [-0.25, -0.2) is 8.78 Å². The van der Waals surface area contributed by atoms with E-state index in [-0.39, 0.29) is 18.3 Å². The average molecular weight is 215 g/mol. The number of aliphatic hydroxyl groups is 1. The van der Waals surface area contributed by atoms with Gasteiger partial charge in [-0.2, -0.15) is 0 Å². The minimum absolute atomic E-state index is 0.00782. The molecule has 0 heterocycles. The molecule has 1 atom stereocenters. The molecule has 1 aromatic rings. The number of rotatable bonds is 5. The van der Waals surface area contributed by atoms with Crippen molar-refractivity contribution in [3.63, 3.8) is 0 Å². The van der Waals surface area contributed by atoms with Crippen LogP contribution in [0.3, 0.4) is 0 Å². The van der Waals surface area contributed by atoms with Crippen LogP contribution in [0.1, 0.15) is 19.8 Å². The number of nitrogens with one attached hydrogen (secondary N) is 1. The predicted molar refractivity (Wildman–Crippen MR) is 55.8 cm³/mol. The molecule has 0 bridgehead atoms. The second-order valence-electron chi connectivity index (χ2n) is 3.54. The van der Waals surface area contributed by atoms with Crippen LogP contribution in [0.4, 0.5) is 14.5 Å². The Hall–Kier alpha value is -1.16. The molecule has 0 aliphatic carbocycles. The van der Waals surface area contributed by atoms with E-state index in [1.54, 1.807) is 0 Å². The highest BCUT2D eigenvalue weighted by Crippen LogP contribution is 2.17. The summed E-state index contributed by atoms with van der Waals surface area (Å²) >= 11 is 0. The van der Waals surface area contributed by atoms with Gasteiger partial charge in [-0.3, -0.25) is 0 Å². The topological polar surface area (TPSA) is 32.3 Å². The molecule has 0 saturated heterocycles. The quantitative estimate of drug-likeness (QED) is 0.791. The number of hydrogen-bond donors (Lipinski definition) is 2. The highest BCUT2D eigenvalue weighted by molar-refractivity contribution is 5.45. The molecule has 0 aliphatic heterocycles. The Bertz CT molecular complexity index is 317. The minimum Gasteiger partial charge on any atom is -0.396 e. The van der Waals surface area contributed by atoms with Gasteiger partial charge in [0, 0.05) is 12.6 Å². The maximum Gasteiger partial charge on any atom is 0.146 e. The summed E-state index contributed by atoms with van der Waals surface area (Å²) < 4.78 is 26.0. The third-order valence-corrected chi connectivity index (χ3v) is 2.13. The lowest BCUT2D eigenvalue weighted by Crippen LogP contribution is -2.16. The maximum absolute atomic E-state index is 13.2. The number of hydrogen-bond acceptors (Lipinski definition) is 2. The molecule has 0 aliphatic rings. The van der Waals surface area contributed by atoms with Gasteiger partial charge >= 0.3 is 0 Å². The van der Waals surface area contributed by atoms with Crippen molar-refractivity contribution in [1.82, 2.24) is 0 Å². The molecule has 0 fully saturated rings. The van der Waals surface area contributed by atoms with Crippen LogP contribution in [0.5, 0.6) is 0 Å². The molecule has 1 aromatic carbocycles. The zero-order chi connectivity index (χ0) is 11.3. The standard InChI is InChI=1S/C11H15F2NO/c1-8(3-2-6-15)14-11-7-9(12)4-5-10(11)13/h4-5,7-8,14-15H,2-3,6H2,1H3. The number of anilines is 1. The van der Waals surface area contributed by atoms with Gasteiger partial charge in [0.1, 0.15) is 11.6 Å². The Kier molecular flexibility index (Phi) is 4.49. The first-order valence-corrected chi connectivity index (χ1v) is 4.96. The Morgan fingerprint density at radius 2 is 2.13 bits per heavy atom. The van der Waals surface area contributed by atoms with Crippen LogP contribution in [-0.4, -0.2) is 17.8 Å². The molecule has 0 spiro atoms. The van der Waals surface area contributed by atoms with Crippen LogP contribution in [0.2, 0.25) is 0 Å². The van der Waals surface area contributed by atoms with Crippen LogP contribution >= 0.6 is 0 Å². The third kappa shape index (κ3) is 3.83. The molecular weight excluding hydrogens is 200 g/mol. The van der Waals surface area contributed by atoms with Crippen molar-refractivity contribution < 1.29 is 13.9 Å². The monoisotopic (exact) mass is 215 g/mol. The zero-order valence-corrected chi connectivity index (χ0v) is 8.63. The van der Waals surface area contributed by atoms with Gasteiger partial charge < -0.3 is 10.4 Å². The molecule has 1 unspecified atom stereocenters. The minimum atomic E-state index is -0.466. The Morgan fingerprint density at radius 3 is 2.80 bits per heavy atom. The van der Waals surface area contributed by atoms with Crippen molar-refractivity contribution in [2.75, 3.05) is 11.9 Å². The first kappa shape index (κ1) is 11.9. The van der Waals surface area contributed by atoms with Crippen LogP contribution in [0, 0.1) is 11.6 Å². The summed E-state index contributed by atoms with van der Waals surface area (Å²) in [5.74, 6) is -0.930. The van der Waals surface area contributed by atoms with Gasteiger partial charge in [0.25, 0.3) is 0 Å². The van der Waals surface area contributed by atoms with Gasteiger partial charge in [-0.05, 0) is 38.0 Å². The fourth-order valence-corrected chi connectivity index (χ4v) is 1.34. The van der Waals surface area contributed by atoms with E-state index >= 15 is 0 Å². The highest BCUT2D eigenvalue weighted by atomic mass is 19.1. The summed E-state index contributed by atoms with van der Waals surface area (Å²) in [4.78, 5) is 0. The van der Waals surface area contributed by atoms with Gasteiger partial charge in [0.15, 0.2) is 0 Å². The summed E-state index contributed by atoms with van der Waals surface area (Å²) in [7, 11) is 0. The van der Waals surface area contributed by atoms with Crippen molar-refractivity contribution >= 4 is 5.69 Å². The van der Waals surface area contributed by atoms with E-state index in [4.69, 9.17) is 5.11 Å². The molecule has 2 N–H and O–H groups in total. The third-order valence-electron chi connectivity index (χ3n) is 2.13. The lowest BCUT2D eigenvalue weighted by molar-refractivity contribution is 0.282. The Morgan fingerprint density at radius 1 is 1.40 bits per heavy atom. The summed E-state index contributed by atoms with van der Waals surface area (Å²) in [6.07, 6.45) is 1.36. The summed E-state index contributed by atoms with van der Waals surface area (Å²) in [6, 6.07) is 3.31. The fraction of sp³-hybridized carbons (Fsp3) is 0.455. The molecule has 0 amide bonds. The van der Waals surface area contributed by atoms with E-state index < -0.39 is 11.6 Å². The molecule has 0 aromatic heterocycles. The number of aliphatic hydroxyl groups excluding tert-OH is 1. The van der Waals surface area contributed by atoms with Crippen LogP contribution in [0.25, 0.3) is 0 Å². The summed E-state index contributed by atoms with van der Waals surface area (Å²) in [6.45, 7) is 1.97. The molecule has 2 nitrogen and oxygen atoms in total.